The van der Waals surface area contributed by atoms with Crippen LogP contribution >= 0.6 is 0 Å². The fraction of sp³-hybridized carbons (Fsp3) is 0.300. The van der Waals surface area contributed by atoms with Gasteiger partial charge in [-0.25, -0.2) is 10.8 Å². The number of hydrazine groups is 1. The molecule has 2 aromatic rings. The number of amides is 1. The molecule has 0 unspecified atom stereocenters. The minimum Gasteiger partial charge on any atom is -0.359 e. The molecule has 3 N–H and O–H groups in total. The predicted molar refractivity (Wildman–Crippen MR) is 59.0 cm³/mol. The Labute approximate surface area is 97.6 Å². The predicted octanol–water partition coefficient (Wildman–Crippen LogP) is 0.140. The zero-order valence-electron chi connectivity index (χ0n) is 9.60. The van der Waals surface area contributed by atoms with Gasteiger partial charge in [0.1, 0.15) is 0 Å². The molecule has 17 heavy (non-hydrogen) atoms. The quantitative estimate of drug-likeness (QED) is 0.448. The van der Waals surface area contributed by atoms with E-state index in [1.54, 1.807) is 12.4 Å². The average molecular weight is 235 g/mol. The molecule has 1 amide bonds. The number of imidazole rings is 1. The van der Waals surface area contributed by atoms with E-state index in [2.05, 4.69) is 10.1 Å². The Kier molecular flexibility index (Phi) is 2.92. The normalized spacial score (nSPS) is 10.5. The number of carbonyl (C=O) groups is 1. The van der Waals surface area contributed by atoms with Gasteiger partial charge in [0.25, 0.3) is 5.91 Å². The van der Waals surface area contributed by atoms with Crippen LogP contribution in [0.15, 0.2) is 16.9 Å². The zero-order valence-corrected chi connectivity index (χ0v) is 9.60. The van der Waals surface area contributed by atoms with Gasteiger partial charge in [-0.3, -0.25) is 10.2 Å². The molecule has 0 radical (unpaired) electrons. The van der Waals surface area contributed by atoms with Gasteiger partial charge in [-0.2, -0.15) is 0 Å². The van der Waals surface area contributed by atoms with Crippen molar-refractivity contribution in [3.63, 3.8) is 0 Å². The second kappa shape index (κ2) is 4.38. The highest BCUT2D eigenvalue weighted by Gasteiger charge is 2.12. The lowest BCUT2D eigenvalue weighted by molar-refractivity contribution is 0.0944. The van der Waals surface area contributed by atoms with Crippen LogP contribution in [-0.4, -0.2) is 20.6 Å². The lowest BCUT2D eigenvalue weighted by Gasteiger charge is -2.00. The van der Waals surface area contributed by atoms with Crippen LogP contribution in [0.3, 0.4) is 0 Å². The zero-order chi connectivity index (χ0) is 12.4. The Hall–Kier alpha value is -2.15. The van der Waals surface area contributed by atoms with Crippen molar-refractivity contribution in [2.75, 3.05) is 0 Å². The number of nitrogens with one attached hydrogen (secondary N) is 1. The minimum absolute atomic E-state index is 0.164. The Morgan fingerprint density at radius 2 is 2.35 bits per heavy atom. The standard InChI is InChI=1S/C10H13N5O2/c1-6-7(2)15(5-12-6)4-8-3-9(14-17-8)10(16)13-11/h3,5H,4,11H2,1-2H3,(H,13,16). The second-order valence-corrected chi connectivity index (χ2v) is 3.70. The first-order valence-electron chi connectivity index (χ1n) is 5.06. The topological polar surface area (TPSA) is 99.0 Å². The van der Waals surface area contributed by atoms with Crippen molar-refractivity contribution in [1.82, 2.24) is 20.1 Å². The molecule has 2 rings (SSSR count). The van der Waals surface area contributed by atoms with Crippen molar-refractivity contribution >= 4 is 5.91 Å². The Morgan fingerprint density at radius 3 is 2.94 bits per heavy atom. The van der Waals surface area contributed by atoms with Gasteiger partial charge in [-0.1, -0.05) is 5.16 Å². The highest BCUT2D eigenvalue weighted by Crippen LogP contribution is 2.10. The van der Waals surface area contributed by atoms with Crippen LogP contribution in [-0.2, 0) is 6.54 Å². The highest BCUT2D eigenvalue weighted by atomic mass is 16.5. The summed E-state index contributed by atoms with van der Waals surface area (Å²) in [6.07, 6.45) is 1.72. The van der Waals surface area contributed by atoms with E-state index in [9.17, 15) is 4.79 Å². The third-order valence-corrected chi connectivity index (χ3v) is 2.59. The molecule has 0 aromatic carbocycles. The SMILES string of the molecule is Cc1ncn(Cc2cc(C(=O)NN)no2)c1C. The summed E-state index contributed by atoms with van der Waals surface area (Å²) in [4.78, 5) is 15.3. The molecule has 2 aromatic heterocycles. The first-order chi connectivity index (χ1) is 8.11. The fourth-order valence-corrected chi connectivity index (χ4v) is 1.44. The Bertz CT molecular complexity index is 543. The van der Waals surface area contributed by atoms with Crippen molar-refractivity contribution in [1.29, 1.82) is 0 Å². The smallest absolute Gasteiger partial charge is 0.287 e. The van der Waals surface area contributed by atoms with E-state index in [1.807, 2.05) is 23.8 Å². The molecule has 0 saturated heterocycles. The van der Waals surface area contributed by atoms with Gasteiger partial charge in [-0.05, 0) is 13.8 Å². The maximum absolute atomic E-state index is 11.2. The summed E-state index contributed by atoms with van der Waals surface area (Å²) < 4.78 is 6.96. The van der Waals surface area contributed by atoms with Crippen LogP contribution in [0.4, 0.5) is 0 Å². The summed E-state index contributed by atoms with van der Waals surface area (Å²) >= 11 is 0. The summed E-state index contributed by atoms with van der Waals surface area (Å²) in [5.41, 5.74) is 4.17. The number of hydrogen-bond donors (Lipinski definition) is 2. The van der Waals surface area contributed by atoms with Gasteiger partial charge in [0.05, 0.1) is 18.6 Å². The number of nitrogen functional groups attached to an aromatic ring is 1. The highest BCUT2D eigenvalue weighted by molar-refractivity contribution is 5.91. The monoisotopic (exact) mass is 235 g/mol. The van der Waals surface area contributed by atoms with Crippen LogP contribution < -0.4 is 11.3 Å². The van der Waals surface area contributed by atoms with Gasteiger partial charge in [-0.15, -0.1) is 0 Å². The van der Waals surface area contributed by atoms with Crippen molar-refractivity contribution in [3.8, 4) is 0 Å². The number of nitrogens with zero attached hydrogens (tertiary/aromatic N) is 3. The van der Waals surface area contributed by atoms with Gasteiger partial charge in [0.2, 0.25) is 0 Å². The molecule has 0 aliphatic heterocycles. The van der Waals surface area contributed by atoms with Crippen molar-refractivity contribution in [2.24, 2.45) is 5.84 Å². The minimum atomic E-state index is -0.474. The lowest BCUT2D eigenvalue weighted by atomic mass is 10.3. The first-order valence-corrected chi connectivity index (χ1v) is 5.06. The average Bonchev–Trinajstić information content (AvgIpc) is 2.91. The van der Waals surface area contributed by atoms with E-state index in [-0.39, 0.29) is 5.69 Å². The van der Waals surface area contributed by atoms with Crippen molar-refractivity contribution < 1.29 is 9.32 Å². The molecule has 2 heterocycles. The number of nitrogens with two attached hydrogens (primary N) is 1. The molecule has 7 nitrogen and oxygen atoms in total. The first kappa shape index (κ1) is 11.3. The van der Waals surface area contributed by atoms with E-state index >= 15 is 0 Å². The summed E-state index contributed by atoms with van der Waals surface area (Å²) in [7, 11) is 0. The largest absolute Gasteiger partial charge is 0.359 e. The molecule has 0 spiro atoms. The molecule has 0 aliphatic carbocycles. The maximum Gasteiger partial charge on any atom is 0.287 e. The van der Waals surface area contributed by atoms with Crippen LogP contribution in [0.1, 0.15) is 27.6 Å². The number of aryl methyl sites for hydroxylation is 1. The van der Waals surface area contributed by atoms with E-state index in [1.165, 1.54) is 0 Å². The van der Waals surface area contributed by atoms with E-state index in [0.717, 1.165) is 11.4 Å². The number of rotatable bonds is 3. The van der Waals surface area contributed by atoms with Gasteiger partial charge >= 0.3 is 0 Å². The third kappa shape index (κ3) is 2.18. The van der Waals surface area contributed by atoms with E-state index in [4.69, 9.17) is 10.4 Å². The lowest BCUT2D eigenvalue weighted by Crippen LogP contribution is -2.30. The molecule has 0 saturated carbocycles. The Balaban J connectivity index is 2.17. The van der Waals surface area contributed by atoms with Gasteiger partial charge < -0.3 is 9.09 Å². The van der Waals surface area contributed by atoms with Gasteiger partial charge in [0, 0.05) is 11.8 Å². The Morgan fingerprint density at radius 1 is 1.59 bits per heavy atom. The van der Waals surface area contributed by atoms with Crippen LogP contribution in [0.25, 0.3) is 0 Å². The molecule has 90 valence electrons. The maximum atomic E-state index is 11.2. The molecular weight excluding hydrogens is 222 g/mol. The number of carbonyl (C=O) groups excluding carboxylic acids is 1. The van der Waals surface area contributed by atoms with Crippen LogP contribution in [0.5, 0.6) is 0 Å². The molecule has 0 bridgehead atoms. The van der Waals surface area contributed by atoms with Crippen LogP contribution in [0.2, 0.25) is 0 Å². The van der Waals surface area contributed by atoms with E-state index < -0.39 is 5.91 Å². The van der Waals surface area contributed by atoms with Crippen molar-refractivity contribution in [3.05, 3.63) is 35.2 Å². The third-order valence-electron chi connectivity index (χ3n) is 2.59. The molecular formula is C10H13N5O2. The van der Waals surface area contributed by atoms with Gasteiger partial charge in [0.15, 0.2) is 11.5 Å². The van der Waals surface area contributed by atoms with E-state index in [0.29, 0.717) is 12.3 Å². The number of hydrogen-bond acceptors (Lipinski definition) is 5. The fourth-order valence-electron chi connectivity index (χ4n) is 1.44. The molecule has 0 fully saturated rings. The molecule has 0 aliphatic rings. The number of aromatic nitrogens is 3. The summed E-state index contributed by atoms with van der Waals surface area (Å²) in [6.45, 7) is 4.38. The second-order valence-electron chi connectivity index (χ2n) is 3.70. The molecule has 0 atom stereocenters. The van der Waals surface area contributed by atoms with Crippen LogP contribution in [0, 0.1) is 13.8 Å². The molecule has 7 heteroatoms. The summed E-state index contributed by atoms with van der Waals surface area (Å²) in [5.74, 6) is 5.10. The van der Waals surface area contributed by atoms with Crippen molar-refractivity contribution in [2.45, 2.75) is 20.4 Å². The summed E-state index contributed by atoms with van der Waals surface area (Å²) in [5, 5.41) is 3.62. The summed E-state index contributed by atoms with van der Waals surface area (Å²) in [6, 6.07) is 1.55.